The topological polar surface area (TPSA) is 52.6 Å². The second kappa shape index (κ2) is 6.84. The van der Waals surface area contributed by atoms with Crippen LogP contribution in [-0.4, -0.2) is 11.9 Å². The number of carbonyl (C=O) groups excluding carboxylic acids is 2. The molecule has 0 aliphatic rings. The van der Waals surface area contributed by atoms with E-state index in [1.807, 2.05) is 24.3 Å². The van der Waals surface area contributed by atoms with Crippen molar-refractivity contribution in [2.45, 2.75) is 13.8 Å². The van der Waals surface area contributed by atoms with Gasteiger partial charge in [0, 0.05) is 11.1 Å². The molecule has 0 amide bonds. The molecule has 4 heteroatoms. The van der Waals surface area contributed by atoms with E-state index in [4.69, 9.17) is 9.47 Å². The zero-order valence-electron chi connectivity index (χ0n) is 14.7. The average molecular weight is 346 g/mol. The molecule has 130 valence electrons. The Morgan fingerprint density at radius 2 is 1.04 bits per heavy atom. The van der Waals surface area contributed by atoms with E-state index < -0.39 is 11.9 Å². The van der Waals surface area contributed by atoms with E-state index in [-0.39, 0.29) is 0 Å². The lowest BCUT2D eigenvalue weighted by Crippen LogP contribution is -2.08. The Balaban J connectivity index is 2.09. The molecule has 0 aliphatic carbocycles. The van der Waals surface area contributed by atoms with Gasteiger partial charge >= 0.3 is 11.9 Å². The van der Waals surface area contributed by atoms with Crippen LogP contribution in [0.4, 0.5) is 0 Å². The van der Waals surface area contributed by atoms with Crippen molar-refractivity contribution in [2.24, 2.45) is 0 Å². The summed E-state index contributed by atoms with van der Waals surface area (Å²) in [4.78, 5) is 23.5. The van der Waals surface area contributed by atoms with Gasteiger partial charge in [-0.1, -0.05) is 37.4 Å². The lowest BCUT2D eigenvalue weighted by atomic mass is 10.0. The molecule has 0 N–H and O–H groups in total. The maximum atomic E-state index is 11.8. The Hall–Kier alpha value is -3.40. The number of hydrogen-bond donors (Lipinski definition) is 0. The highest BCUT2D eigenvalue weighted by Gasteiger charge is 2.10. The second-order valence-electron chi connectivity index (χ2n) is 6.17. The van der Waals surface area contributed by atoms with Crippen molar-refractivity contribution < 1.29 is 19.1 Å². The summed E-state index contributed by atoms with van der Waals surface area (Å²) in [5.74, 6) is -0.0778. The fourth-order valence-electron chi connectivity index (χ4n) is 2.52. The Kier molecular flexibility index (Phi) is 4.59. The number of fused-ring (bicyclic) bond motifs is 3. The van der Waals surface area contributed by atoms with Crippen LogP contribution in [0.3, 0.4) is 0 Å². The van der Waals surface area contributed by atoms with E-state index in [2.05, 4.69) is 13.2 Å². The Bertz CT molecular complexity index is 989. The van der Waals surface area contributed by atoms with Gasteiger partial charge in [0.1, 0.15) is 11.5 Å². The molecule has 0 saturated carbocycles. The molecule has 0 aliphatic heterocycles. The van der Waals surface area contributed by atoms with Crippen LogP contribution in [0.5, 0.6) is 11.5 Å². The maximum Gasteiger partial charge on any atom is 0.338 e. The molecule has 3 aromatic rings. The quantitative estimate of drug-likeness (QED) is 0.290. The van der Waals surface area contributed by atoms with Gasteiger partial charge in [0.15, 0.2) is 0 Å². The molecule has 0 aromatic heterocycles. The summed E-state index contributed by atoms with van der Waals surface area (Å²) in [5.41, 5.74) is 0.661. The third-order valence-electron chi connectivity index (χ3n) is 3.90. The minimum atomic E-state index is -0.472. The molecule has 0 bridgehead atoms. The number of ether oxygens (including phenoxy) is 2. The molecule has 0 heterocycles. The zero-order valence-corrected chi connectivity index (χ0v) is 14.7. The number of rotatable bonds is 4. The predicted octanol–water partition coefficient (Wildman–Crippen LogP) is 4.96. The lowest BCUT2D eigenvalue weighted by Gasteiger charge is -2.10. The predicted molar refractivity (Wildman–Crippen MR) is 102 cm³/mol. The first-order chi connectivity index (χ1) is 12.3. The first kappa shape index (κ1) is 17.4. The molecule has 3 aromatic carbocycles. The Morgan fingerprint density at radius 3 is 1.38 bits per heavy atom. The second-order valence-corrected chi connectivity index (χ2v) is 6.17. The van der Waals surface area contributed by atoms with Gasteiger partial charge in [-0.2, -0.15) is 0 Å². The first-order valence-corrected chi connectivity index (χ1v) is 8.07. The summed E-state index contributed by atoms with van der Waals surface area (Å²) in [6, 6.07) is 14.8. The minimum Gasteiger partial charge on any atom is -0.423 e. The van der Waals surface area contributed by atoms with Crippen molar-refractivity contribution in [2.75, 3.05) is 0 Å². The van der Waals surface area contributed by atoms with Crippen molar-refractivity contribution in [1.29, 1.82) is 0 Å². The van der Waals surface area contributed by atoms with Gasteiger partial charge in [0.05, 0.1) is 0 Å². The average Bonchev–Trinajstić information content (AvgIpc) is 2.61. The van der Waals surface area contributed by atoms with Crippen LogP contribution in [0.2, 0.25) is 0 Å². The van der Waals surface area contributed by atoms with Crippen LogP contribution in [0, 0.1) is 0 Å². The number of esters is 2. The largest absolute Gasteiger partial charge is 0.423 e. The van der Waals surface area contributed by atoms with Gasteiger partial charge in [-0.15, -0.1) is 0 Å². The highest BCUT2D eigenvalue weighted by molar-refractivity contribution is 6.08. The summed E-state index contributed by atoms with van der Waals surface area (Å²) in [7, 11) is 0. The zero-order chi connectivity index (χ0) is 18.8. The molecule has 3 rings (SSSR count). The molecule has 0 spiro atoms. The molecule has 0 atom stereocenters. The van der Waals surface area contributed by atoms with E-state index in [0.29, 0.717) is 22.6 Å². The fraction of sp³-hybridized carbons (Fsp3) is 0.0909. The van der Waals surface area contributed by atoms with E-state index in [1.165, 1.54) is 0 Å². The van der Waals surface area contributed by atoms with E-state index in [0.717, 1.165) is 21.5 Å². The summed E-state index contributed by atoms with van der Waals surface area (Å²) in [6.45, 7) is 10.4. The van der Waals surface area contributed by atoms with Crippen LogP contribution >= 0.6 is 0 Å². The molecule has 0 saturated heterocycles. The van der Waals surface area contributed by atoms with Gasteiger partial charge in [-0.25, -0.2) is 9.59 Å². The standard InChI is InChI=1S/C22H18O4/c1-13(2)21(23)25-17-9-7-15-5-6-16-8-10-18(26-22(24)14(3)4)12-20(16)19(15)11-17/h5-12H,1,3H2,2,4H3. The van der Waals surface area contributed by atoms with E-state index in [1.54, 1.807) is 38.1 Å². The summed E-state index contributed by atoms with van der Waals surface area (Å²) in [6.07, 6.45) is 0. The minimum absolute atomic E-state index is 0.331. The molecule has 0 unspecified atom stereocenters. The summed E-state index contributed by atoms with van der Waals surface area (Å²) >= 11 is 0. The van der Waals surface area contributed by atoms with Gasteiger partial charge in [-0.3, -0.25) is 0 Å². The smallest absolute Gasteiger partial charge is 0.338 e. The van der Waals surface area contributed by atoms with Crippen LogP contribution in [0.15, 0.2) is 72.8 Å². The monoisotopic (exact) mass is 346 g/mol. The molecular formula is C22H18O4. The summed E-state index contributed by atoms with van der Waals surface area (Å²) < 4.78 is 10.6. The fourth-order valence-corrected chi connectivity index (χ4v) is 2.52. The number of carbonyl (C=O) groups is 2. The molecule has 26 heavy (non-hydrogen) atoms. The summed E-state index contributed by atoms with van der Waals surface area (Å²) in [5, 5.41) is 3.75. The third-order valence-corrected chi connectivity index (χ3v) is 3.90. The van der Waals surface area contributed by atoms with E-state index in [9.17, 15) is 9.59 Å². The number of hydrogen-bond acceptors (Lipinski definition) is 4. The lowest BCUT2D eigenvalue weighted by molar-refractivity contribution is -0.130. The molecule has 4 nitrogen and oxygen atoms in total. The maximum absolute atomic E-state index is 11.8. The molecular weight excluding hydrogens is 328 g/mol. The highest BCUT2D eigenvalue weighted by atomic mass is 16.5. The Labute approximate surface area is 151 Å². The molecule has 0 radical (unpaired) electrons. The Morgan fingerprint density at radius 1 is 0.692 bits per heavy atom. The molecule has 0 fully saturated rings. The van der Waals surface area contributed by atoms with Crippen molar-refractivity contribution >= 4 is 33.5 Å². The van der Waals surface area contributed by atoms with Crippen LogP contribution < -0.4 is 9.47 Å². The van der Waals surface area contributed by atoms with Crippen molar-refractivity contribution in [3.05, 3.63) is 72.8 Å². The van der Waals surface area contributed by atoms with Crippen LogP contribution in [-0.2, 0) is 9.59 Å². The van der Waals surface area contributed by atoms with Gasteiger partial charge in [0.2, 0.25) is 0 Å². The van der Waals surface area contributed by atoms with Crippen LogP contribution in [0.1, 0.15) is 13.8 Å². The SMILES string of the molecule is C=C(C)C(=O)Oc1ccc2ccc3ccc(OC(=O)C(=C)C)cc3c2c1. The third kappa shape index (κ3) is 3.49. The van der Waals surface area contributed by atoms with Gasteiger partial charge < -0.3 is 9.47 Å². The van der Waals surface area contributed by atoms with Crippen molar-refractivity contribution in [1.82, 2.24) is 0 Å². The van der Waals surface area contributed by atoms with Gasteiger partial charge in [0.25, 0.3) is 0 Å². The first-order valence-electron chi connectivity index (χ1n) is 8.07. The number of benzene rings is 3. The van der Waals surface area contributed by atoms with E-state index >= 15 is 0 Å². The van der Waals surface area contributed by atoms with Gasteiger partial charge in [-0.05, 0) is 59.7 Å². The van der Waals surface area contributed by atoms with Crippen molar-refractivity contribution in [3.63, 3.8) is 0 Å². The van der Waals surface area contributed by atoms with Crippen LogP contribution in [0.25, 0.3) is 21.5 Å². The normalized spacial score (nSPS) is 10.5. The highest BCUT2D eigenvalue weighted by Crippen LogP contribution is 2.31. The van der Waals surface area contributed by atoms with Crippen molar-refractivity contribution in [3.8, 4) is 11.5 Å².